The molecule has 0 aliphatic heterocycles. The average Bonchev–Trinajstić information content (AvgIpc) is 1.61. The molecule has 0 amide bonds. The summed E-state index contributed by atoms with van der Waals surface area (Å²) in [5.74, 6) is 0.207. The predicted octanol–water partition coefficient (Wildman–Crippen LogP) is 23.7. The highest BCUT2D eigenvalue weighted by Gasteiger charge is 2.25. The lowest BCUT2D eigenvalue weighted by Crippen LogP contribution is -2.07. The lowest BCUT2D eigenvalue weighted by molar-refractivity contribution is 0.787. The van der Waals surface area contributed by atoms with E-state index in [4.69, 9.17) is 0 Å². The van der Waals surface area contributed by atoms with Crippen LogP contribution in [0.2, 0.25) is 0 Å². The Balaban J connectivity index is 0.957. The van der Waals surface area contributed by atoms with Crippen molar-refractivity contribution in [1.29, 1.82) is 0 Å². The molecule has 2 heteroatoms. The van der Waals surface area contributed by atoms with Crippen molar-refractivity contribution in [2.45, 2.75) is 25.2 Å². The molecule has 2 aromatic heterocycles. The molecule has 0 saturated heterocycles. The van der Waals surface area contributed by atoms with Gasteiger partial charge in [0, 0.05) is 28.7 Å². The van der Waals surface area contributed by atoms with Gasteiger partial charge in [0.25, 0.3) is 0 Å². The van der Waals surface area contributed by atoms with Crippen LogP contribution in [-0.2, 0) is 0 Å². The quantitative estimate of drug-likeness (QED) is 0.106. The second-order valence-electron chi connectivity index (χ2n) is 24.4. The fraction of sp³-hybridized carbons (Fsp3) is 0.0465. The monoisotopic (exact) mass is 1120 g/mol. The minimum atomic E-state index is 0.207. The second-order valence-corrected chi connectivity index (χ2v) is 24.4. The van der Waals surface area contributed by atoms with Gasteiger partial charge in [0.05, 0.1) is 11.4 Å². The topological polar surface area (TPSA) is 9.86 Å². The molecule has 2 aliphatic rings. The van der Waals surface area contributed by atoms with E-state index in [0.29, 0.717) is 0 Å². The van der Waals surface area contributed by atoms with E-state index in [1.165, 1.54) is 169 Å². The van der Waals surface area contributed by atoms with Crippen LogP contribution in [0.25, 0.3) is 169 Å². The number of nitrogens with zero attached hydrogens (tertiary/aromatic N) is 2. The Labute approximate surface area is 509 Å². The van der Waals surface area contributed by atoms with Crippen molar-refractivity contribution in [3.05, 3.63) is 309 Å². The van der Waals surface area contributed by atoms with E-state index in [2.05, 4.69) is 306 Å². The summed E-state index contributed by atoms with van der Waals surface area (Å²) < 4.78 is 5.12. The van der Waals surface area contributed by atoms with Crippen molar-refractivity contribution < 1.29 is 0 Å². The Morgan fingerprint density at radius 1 is 0.295 bits per heavy atom. The van der Waals surface area contributed by atoms with E-state index in [9.17, 15) is 0 Å². The van der Waals surface area contributed by atoms with Crippen molar-refractivity contribution in [2.24, 2.45) is 0 Å². The molecule has 2 heterocycles. The summed E-state index contributed by atoms with van der Waals surface area (Å²) in [5.41, 5.74) is 15.7. The van der Waals surface area contributed by atoms with E-state index < -0.39 is 0 Å². The van der Waals surface area contributed by atoms with Gasteiger partial charge in [-0.2, -0.15) is 0 Å². The Morgan fingerprint density at radius 3 is 1.27 bits per heavy atom. The van der Waals surface area contributed by atoms with Crippen molar-refractivity contribution in [1.82, 2.24) is 9.13 Å². The van der Waals surface area contributed by atoms with Gasteiger partial charge in [-0.05, 0) is 227 Å². The van der Waals surface area contributed by atoms with Gasteiger partial charge in [0.15, 0.2) is 0 Å². The van der Waals surface area contributed by atoms with E-state index >= 15 is 0 Å². The Bertz CT molecular complexity index is 5780. The van der Waals surface area contributed by atoms with Gasteiger partial charge >= 0.3 is 0 Å². The number of hydrogen-bond acceptors (Lipinski definition) is 0. The van der Waals surface area contributed by atoms with Crippen LogP contribution in [0, 0.1) is 0 Å². The number of aromatic nitrogens is 2. The molecule has 0 fully saturated rings. The molecule has 1 unspecified atom stereocenters. The van der Waals surface area contributed by atoms with Gasteiger partial charge < -0.3 is 9.13 Å². The lowest BCUT2D eigenvalue weighted by Gasteiger charge is -2.23. The first-order chi connectivity index (χ1) is 43.7. The standard InChI is InChI=1S/C86H56N2/c1-5-19-53(20-6-1)79-43-44-80(54-21-7-2-8-22-54)87(79)61-47-59-49-76-60(50-75(59)77(51-61)63-39-41-73-69-33-15-29-57-27-13-31-67(83(57)69)71-37-17-35-65(63)85(71)73)48-62(88-81(55-23-9-3-10-24-55)45-46-82(88)56-25-11-4-12-26-56)52-78(76)64-40-42-74-70-34-16-30-58-28-14-32-68(84(58)70)72-38-18-36-66(64)86(72)74/h1-11,13-21,23-25,27-52,54H,12,22,26H2. The fourth-order valence-corrected chi connectivity index (χ4v) is 15.9. The first kappa shape index (κ1) is 49.2. The van der Waals surface area contributed by atoms with Gasteiger partial charge in [0.2, 0.25) is 0 Å². The van der Waals surface area contributed by atoms with E-state index in [1.54, 1.807) is 0 Å². The molecule has 410 valence electrons. The summed E-state index contributed by atoms with van der Waals surface area (Å²) in [6.07, 6.45) is 18.9. The minimum absolute atomic E-state index is 0.207. The summed E-state index contributed by atoms with van der Waals surface area (Å²) >= 11 is 0. The molecule has 0 N–H and O–H groups in total. The molecule has 0 spiro atoms. The molecule has 88 heavy (non-hydrogen) atoms. The van der Waals surface area contributed by atoms with E-state index in [0.717, 1.165) is 30.6 Å². The Kier molecular flexibility index (Phi) is 10.8. The highest BCUT2D eigenvalue weighted by atomic mass is 15.0. The number of allylic oxidation sites excluding steroid dienone is 8. The predicted molar refractivity (Wildman–Crippen MR) is 376 cm³/mol. The smallest absolute Gasteiger partial charge is 0.0534 e. The van der Waals surface area contributed by atoms with Crippen molar-refractivity contribution in [2.75, 3.05) is 0 Å². The molecule has 15 aromatic carbocycles. The molecular weight excluding hydrogens is 1060 g/mol. The maximum absolute atomic E-state index is 2.57. The summed E-state index contributed by atoms with van der Waals surface area (Å²) in [4.78, 5) is 0. The van der Waals surface area contributed by atoms with Gasteiger partial charge in [-0.1, -0.05) is 237 Å². The zero-order chi connectivity index (χ0) is 57.6. The average molecular weight is 1120 g/mol. The normalized spacial score (nSPS) is 14.5. The van der Waals surface area contributed by atoms with Crippen LogP contribution < -0.4 is 0 Å². The maximum Gasteiger partial charge on any atom is 0.0534 e. The molecule has 0 saturated carbocycles. The largest absolute Gasteiger partial charge is 0.313 e. The molecule has 0 bridgehead atoms. The molecule has 2 nitrogen and oxygen atoms in total. The van der Waals surface area contributed by atoms with Gasteiger partial charge in [-0.25, -0.2) is 0 Å². The first-order valence-electron chi connectivity index (χ1n) is 31.1. The summed E-state index contributed by atoms with van der Waals surface area (Å²) in [7, 11) is 0. The molecule has 0 radical (unpaired) electrons. The van der Waals surface area contributed by atoms with E-state index in [-0.39, 0.29) is 5.92 Å². The van der Waals surface area contributed by atoms with Crippen LogP contribution in [0.15, 0.2) is 297 Å². The van der Waals surface area contributed by atoms with Crippen molar-refractivity contribution >= 4 is 113 Å². The van der Waals surface area contributed by atoms with E-state index in [1.807, 2.05) is 0 Å². The molecule has 1 atom stereocenters. The Hall–Kier alpha value is -11.1. The van der Waals surface area contributed by atoms with Crippen LogP contribution in [-0.4, -0.2) is 9.13 Å². The molecule has 17 aromatic rings. The molecule has 2 aliphatic carbocycles. The number of fused-ring (bicyclic) bond motifs is 6. The third kappa shape index (κ3) is 7.30. The van der Waals surface area contributed by atoms with Crippen molar-refractivity contribution in [3.63, 3.8) is 0 Å². The summed E-state index contributed by atoms with van der Waals surface area (Å²) in [6.45, 7) is 0. The lowest BCUT2D eigenvalue weighted by atomic mass is 9.84. The maximum atomic E-state index is 2.57. The Morgan fingerprint density at radius 2 is 0.761 bits per heavy atom. The second kappa shape index (κ2) is 19.2. The van der Waals surface area contributed by atoms with Gasteiger partial charge in [-0.15, -0.1) is 0 Å². The highest BCUT2D eigenvalue weighted by Crippen LogP contribution is 2.50. The minimum Gasteiger partial charge on any atom is -0.313 e. The number of hydrogen-bond donors (Lipinski definition) is 0. The fourth-order valence-electron chi connectivity index (χ4n) is 15.9. The first-order valence-corrected chi connectivity index (χ1v) is 31.1. The zero-order valence-electron chi connectivity index (χ0n) is 48.4. The molecular formula is C86H56N2. The number of rotatable bonds is 8. The van der Waals surface area contributed by atoms with Crippen LogP contribution in [0.4, 0.5) is 0 Å². The SMILES string of the molecule is C1=CCCC(c2ccc(-c3ccccc3)n2-c2cc(-c3ccc4c5cccc6cccc(c7cccc3c74)c65)c3cc4cc(-n5c(-c6ccccc6)ccc5C5C=CC=CC5)cc(-c5ccc6c7cccc8cccc(c9cccc5c96)c87)c4cc3c2)=C1. The van der Waals surface area contributed by atoms with Gasteiger partial charge in [-0.3, -0.25) is 0 Å². The van der Waals surface area contributed by atoms with Gasteiger partial charge in [0.1, 0.15) is 0 Å². The zero-order valence-corrected chi connectivity index (χ0v) is 48.4. The summed E-state index contributed by atoms with van der Waals surface area (Å²) in [5, 5.41) is 25.5. The van der Waals surface area contributed by atoms with Crippen LogP contribution in [0.3, 0.4) is 0 Å². The molecule has 19 rings (SSSR count). The number of benzene rings is 15. The van der Waals surface area contributed by atoms with Crippen LogP contribution in [0.5, 0.6) is 0 Å². The van der Waals surface area contributed by atoms with Crippen LogP contribution in [0.1, 0.15) is 36.6 Å². The third-order valence-corrected chi connectivity index (χ3v) is 19.8. The van der Waals surface area contributed by atoms with Crippen LogP contribution >= 0.6 is 0 Å². The third-order valence-electron chi connectivity index (χ3n) is 19.8. The van der Waals surface area contributed by atoms with Crippen molar-refractivity contribution in [3.8, 4) is 56.1 Å². The highest BCUT2D eigenvalue weighted by molar-refractivity contribution is 6.36. The summed E-state index contributed by atoms with van der Waals surface area (Å²) in [6, 6.07) is 97.4.